The van der Waals surface area contributed by atoms with Crippen LogP contribution < -0.4 is 24.3 Å². The highest BCUT2D eigenvalue weighted by Gasteiger charge is 2.15. The Bertz CT molecular complexity index is 708. The molecule has 0 amide bonds. The summed E-state index contributed by atoms with van der Waals surface area (Å²) in [6, 6.07) is 12.0. The van der Waals surface area contributed by atoms with Gasteiger partial charge in [0.15, 0.2) is 11.5 Å². The van der Waals surface area contributed by atoms with Gasteiger partial charge in [0.25, 0.3) is 0 Å². The normalized spacial score (nSPS) is 13.6. The third-order valence-electron chi connectivity index (χ3n) is 4.15. The molecule has 0 fully saturated rings. The number of methoxy groups -OCH3 is 2. The first-order valence-electron chi connectivity index (χ1n) is 8.05. The molecule has 0 spiro atoms. The fourth-order valence-corrected chi connectivity index (χ4v) is 2.73. The molecule has 5 nitrogen and oxygen atoms in total. The van der Waals surface area contributed by atoms with Gasteiger partial charge in [-0.3, -0.25) is 0 Å². The van der Waals surface area contributed by atoms with Crippen LogP contribution in [0.2, 0.25) is 0 Å². The third-order valence-corrected chi connectivity index (χ3v) is 4.15. The monoisotopic (exact) mass is 365 g/mol. The fourth-order valence-electron chi connectivity index (χ4n) is 2.73. The van der Waals surface area contributed by atoms with Gasteiger partial charge in [-0.1, -0.05) is 6.07 Å². The number of ether oxygens (including phenoxy) is 4. The van der Waals surface area contributed by atoms with Gasteiger partial charge in [-0.2, -0.15) is 0 Å². The van der Waals surface area contributed by atoms with E-state index in [0.29, 0.717) is 19.8 Å². The zero-order valence-corrected chi connectivity index (χ0v) is 15.5. The molecule has 2 aromatic carbocycles. The lowest BCUT2D eigenvalue weighted by atomic mass is 10.1. The van der Waals surface area contributed by atoms with Crippen LogP contribution in [0.15, 0.2) is 36.4 Å². The zero-order valence-electron chi connectivity index (χ0n) is 14.7. The second-order valence-corrected chi connectivity index (χ2v) is 5.68. The van der Waals surface area contributed by atoms with Gasteiger partial charge >= 0.3 is 0 Å². The maximum atomic E-state index is 5.65. The maximum Gasteiger partial charge on any atom is 0.161 e. The van der Waals surface area contributed by atoms with E-state index < -0.39 is 0 Å². The van der Waals surface area contributed by atoms with Gasteiger partial charge in [0.1, 0.15) is 24.7 Å². The Balaban J connectivity index is 0.00000225. The lowest BCUT2D eigenvalue weighted by Gasteiger charge is -2.21. The smallest absolute Gasteiger partial charge is 0.161 e. The highest BCUT2D eigenvalue weighted by molar-refractivity contribution is 5.85. The van der Waals surface area contributed by atoms with Crippen LogP contribution in [0.1, 0.15) is 24.1 Å². The molecule has 1 heterocycles. The van der Waals surface area contributed by atoms with Crippen LogP contribution in [0.3, 0.4) is 0 Å². The Hall–Kier alpha value is -2.11. The molecule has 1 aliphatic rings. The van der Waals surface area contributed by atoms with Crippen molar-refractivity contribution in [2.24, 2.45) is 0 Å². The SMILES string of the molecule is COc1ccc(OC)c(CNC(C)c2ccc3c(c2)OCCO3)c1.Cl. The Morgan fingerprint density at radius 1 is 1.00 bits per heavy atom. The van der Waals surface area contributed by atoms with E-state index in [9.17, 15) is 0 Å². The molecule has 2 aromatic rings. The maximum absolute atomic E-state index is 5.65. The van der Waals surface area contributed by atoms with E-state index >= 15 is 0 Å². The zero-order chi connectivity index (χ0) is 16.9. The van der Waals surface area contributed by atoms with Crippen molar-refractivity contribution in [3.8, 4) is 23.0 Å². The lowest BCUT2D eigenvalue weighted by molar-refractivity contribution is 0.171. The van der Waals surface area contributed by atoms with E-state index in [-0.39, 0.29) is 18.4 Å². The topological polar surface area (TPSA) is 49.0 Å². The summed E-state index contributed by atoms with van der Waals surface area (Å²) < 4.78 is 21.9. The summed E-state index contributed by atoms with van der Waals surface area (Å²) in [5.74, 6) is 3.29. The summed E-state index contributed by atoms with van der Waals surface area (Å²) in [6.07, 6.45) is 0. The molecule has 0 aromatic heterocycles. The first kappa shape index (κ1) is 19.2. The number of halogens is 1. The van der Waals surface area contributed by atoms with Gasteiger partial charge in [0.2, 0.25) is 0 Å². The number of rotatable bonds is 6. The van der Waals surface area contributed by atoms with Crippen LogP contribution in [0.5, 0.6) is 23.0 Å². The second-order valence-electron chi connectivity index (χ2n) is 5.68. The van der Waals surface area contributed by atoms with E-state index in [1.54, 1.807) is 14.2 Å². The van der Waals surface area contributed by atoms with E-state index in [1.165, 1.54) is 0 Å². The number of fused-ring (bicyclic) bond motifs is 1. The average molecular weight is 366 g/mol. The summed E-state index contributed by atoms with van der Waals surface area (Å²) in [7, 11) is 3.34. The summed E-state index contributed by atoms with van der Waals surface area (Å²) in [5, 5.41) is 3.52. The molecular formula is C19H24ClNO4. The Morgan fingerprint density at radius 3 is 2.48 bits per heavy atom. The van der Waals surface area contributed by atoms with E-state index in [1.807, 2.05) is 30.3 Å². The average Bonchev–Trinajstić information content (AvgIpc) is 2.65. The molecule has 1 atom stereocenters. The van der Waals surface area contributed by atoms with Crippen LogP contribution in [0, 0.1) is 0 Å². The molecule has 0 bridgehead atoms. The predicted molar refractivity (Wildman–Crippen MR) is 99.5 cm³/mol. The van der Waals surface area contributed by atoms with Crippen LogP contribution in [0.4, 0.5) is 0 Å². The molecule has 1 N–H and O–H groups in total. The van der Waals surface area contributed by atoms with E-state index in [2.05, 4.69) is 18.3 Å². The quantitative estimate of drug-likeness (QED) is 0.844. The minimum absolute atomic E-state index is 0. The first-order valence-corrected chi connectivity index (χ1v) is 8.05. The number of nitrogens with one attached hydrogen (secondary N) is 1. The van der Waals surface area contributed by atoms with Crippen molar-refractivity contribution < 1.29 is 18.9 Å². The third kappa shape index (κ3) is 4.50. The van der Waals surface area contributed by atoms with Crippen molar-refractivity contribution in [3.05, 3.63) is 47.5 Å². The first-order chi connectivity index (χ1) is 11.7. The van der Waals surface area contributed by atoms with Gasteiger partial charge in [0, 0.05) is 18.2 Å². The molecular weight excluding hydrogens is 342 g/mol. The van der Waals surface area contributed by atoms with Crippen molar-refractivity contribution in [2.45, 2.75) is 19.5 Å². The van der Waals surface area contributed by atoms with Crippen molar-refractivity contribution in [2.75, 3.05) is 27.4 Å². The van der Waals surface area contributed by atoms with Crippen molar-refractivity contribution in [3.63, 3.8) is 0 Å². The van der Waals surface area contributed by atoms with Crippen LogP contribution in [-0.2, 0) is 6.54 Å². The molecule has 1 aliphatic heterocycles. The van der Waals surface area contributed by atoms with Crippen molar-refractivity contribution in [1.82, 2.24) is 5.32 Å². The van der Waals surface area contributed by atoms with Gasteiger partial charge < -0.3 is 24.3 Å². The Kier molecular flexibility index (Phi) is 6.79. The van der Waals surface area contributed by atoms with Crippen LogP contribution in [-0.4, -0.2) is 27.4 Å². The van der Waals surface area contributed by atoms with Crippen molar-refractivity contribution >= 4 is 12.4 Å². The predicted octanol–water partition coefficient (Wildman–Crippen LogP) is 3.75. The molecule has 0 saturated heterocycles. The van der Waals surface area contributed by atoms with Gasteiger partial charge in [-0.05, 0) is 42.8 Å². The van der Waals surface area contributed by atoms with E-state index in [0.717, 1.165) is 34.1 Å². The molecule has 0 saturated carbocycles. The van der Waals surface area contributed by atoms with Gasteiger partial charge in [-0.25, -0.2) is 0 Å². The molecule has 1 unspecified atom stereocenters. The standard InChI is InChI=1S/C19H23NO4.ClH/c1-13(14-4-6-18-19(11-14)24-9-8-23-18)20-12-15-10-16(21-2)5-7-17(15)22-3;/h4-7,10-11,13,20H,8-9,12H2,1-3H3;1H. The van der Waals surface area contributed by atoms with Gasteiger partial charge in [0.05, 0.1) is 14.2 Å². The fraction of sp³-hybridized carbons (Fsp3) is 0.368. The number of hydrogen-bond acceptors (Lipinski definition) is 5. The van der Waals surface area contributed by atoms with Crippen LogP contribution in [0.25, 0.3) is 0 Å². The summed E-state index contributed by atoms with van der Waals surface area (Å²) in [5.41, 5.74) is 2.21. The summed E-state index contributed by atoms with van der Waals surface area (Å²) in [6.45, 7) is 4.00. The summed E-state index contributed by atoms with van der Waals surface area (Å²) in [4.78, 5) is 0. The molecule has 0 aliphatic carbocycles. The number of hydrogen-bond donors (Lipinski definition) is 1. The lowest BCUT2D eigenvalue weighted by Crippen LogP contribution is -2.20. The van der Waals surface area contributed by atoms with Gasteiger partial charge in [-0.15, -0.1) is 12.4 Å². The highest BCUT2D eigenvalue weighted by Crippen LogP contribution is 2.33. The Labute approximate surface area is 154 Å². The molecule has 3 rings (SSSR count). The minimum atomic E-state index is 0. The Morgan fingerprint density at radius 2 is 1.76 bits per heavy atom. The molecule has 136 valence electrons. The van der Waals surface area contributed by atoms with E-state index in [4.69, 9.17) is 18.9 Å². The molecule has 0 radical (unpaired) electrons. The second kappa shape index (κ2) is 8.83. The molecule has 25 heavy (non-hydrogen) atoms. The van der Waals surface area contributed by atoms with Crippen molar-refractivity contribution in [1.29, 1.82) is 0 Å². The summed E-state index contributed by atoms with van der Waals surface area (Å²) >= 11 is 0. The largest absolute Gasteiger partial charge is 0.497 e. The van der Waals surface area contributed by atoms with Crippen LogP contribution >= 0.6 is 12.4 Å². The highest BCUT2D eigenvalue weighted by atomic mass is 35.5. The molecule has 6 heteroatoms. The minimum Gasteiger partial charge on any atom is -0.497 e. The number of benzene rings is 2.